The Morgan fingerprint density at radius 1 is 0.955 bits per heavy atom. The van der Waals surface area contributed by atoms with E-state index in [4.69, 9.17) is 0 Å². The van der Waals surface area contributed by atoms with Gasteiger partial charge in [0.25, 0.3) is 5.91 Å². The first kappa shape index (κ1) is 15.8. The molecule has 0 fully saturated rings. The van der Waals surface area contributed by atoms with E-state index in [0.717, 1.165) is 12.0 Å². The Morgan fingerprint density at radius 2 is 1.64 bits per heavy atom. The van der Waals surface area contributed by atoms with E-state index in [9.17, 15) is 9.59 Å². The van der Waals surface area contributed by atoms with Gasteiger partial charge in [0, 0.05) is 17.8 Å². The molecule has 0 aliphatic rings. The first-order chi connectivity index (χ1) is 10.7. The number of hydrogen-bond acceptors (Lipinski definition) is 2. The summed E-state index contributed by atoms with van der Waals surface area (Å²) in [6.45, 7) is 2.67. The van der Waals surface area contributed by atoms with Crippen LogP contribution in [-0.2, 0) is 11.2 Å². The third-order valence-corrected chi connectivity index (χ3v) is 3.17. The Hall–Kier alpha value is -2.62. The van der Waals surface area contributed by atoms with Crippen LogP contribution in [0.2, 0.25) is 0 Å². The van der Waals surface area contributed by atoms with Crippen LogP contribution in [0.1, 0.15) is 29.3 Å². The van der Waals surface area contributed by atoms with Gasteiger partial charge in [-0.15, -0.1) is 0 Å². The fourth-order valence-electron chi connectivity index (χ4n) is 2.03. The molecule has 0 saturated heterocycles. The van der Waals surface area contributed by atoms with Crippen LogP contribution in [0.15, 0.2) is 54.6 Å². The summed E-state index contributed by atoms with van der Waals surface area (Å²) in [6, 6.07) is 16.5. The SMILES string of the molecule is CCCNC(=O)c1ccc(NC(=O)Cc2ccccc2)cc1. The van der Waals surface area contributed by atoms with Crippen molar-refractivity contribution in [2.24, 2.45) is 0 Å². The van der Waals surface area contributed by atoms with Gasteiger partial charge in [-0.05, 0) is 36.2 Å². The molecule has 0 spiro atoms. The highest BCUT2D eigenvalue weighted by atomic mass is 16.2. The van der Waals surface area contributed by atoms with Crippen molar-refractivity contribution in [3.63, 3.8) is 0 Å². The molecule has 0 atom stereocenters. The van der Waals surface area contributed by atoms with Crippen LogP contribution < -0.4 is 10.6 Å². The summed E-state index contributed by atoms with van der Waals surface area (Å²) in [5, 5.41) is 5.64. The van der Waals surface area contributed by atoms with E-state index >= 15 is 0 Å². The number of carbonyl (C=O) groups excluding carboxylic acids is 2. The van der Waals surface area contributed by atoms with Crippen LogP contribution in [0.3, 0.4) is 0 Å². The van der Waals surface area contributed by atoms with Crippen molar-refractivity contribution in [3.8, 4) is 0 Å². The van der Waals surface area contributed by atoms with Gasteiger partial charge in [0.1, 0.15) is 0 Å². The predicted molar refractivity (Wildman–Crippen MR) is 87.8 cm³/mol. The minimum Gasteiger partial charge on any atom is -0.352 e. The topological polar surface area (TPSA) is 58.2 Å². The first-order valence-corrected chi connectivity index (χ1v) is 7.41. The number of benzene rings is 2. The molecule has 0 aliphatic carbocycles. The van der Waals surface area contributed by atoms with Gasteiger partial charge in [-0.2, -0.15) is 0 Å². The molecule has 0 bridgehead atoms. The average Bonchev–Trinajstić information content (AvgIpc) is 2.54. The molecule has 0 aliphatic heterocycles. The van der Waals surface area contributed by atoms with Crippen molar-refractivity contribution in [1.29, 1.82) is 0 Å². The summed E-state index contributed by atoms with van der Waals surface area (Å²) in [7, 11) is 0. The zero-order chi connectivity index (χ0) is 15.8. The molecule has 0 aromatic heterocycles. The highest BCUT2D eigenvalue weighted by Crippen LogP contribution is 2.10. The minimum absolute atomic E-state index is 0.0746. The lowest BCUT2D eigenvalue weighted by molar-refractivity contribution is -0.115. The molecule has 4 heteroatoms. The lowest BCUT2D eigenvalue weighted by Gasteiger charge is -2.07. The van der Waals surface area contributed by atoms with E-state index in [0.29, 0.717) is 24.2 Å². The second kappa shape index (κ2) is 7.98. The summed E-state index contributed by atoms with van der Waals surface area (Å²) < 4.78 is 0. The van der Waals surface area contributed by atoms with Gasteiger partial charge in [0.15, 0.2) is 0 Å². The van der Waals surface area contributed by atoms with Gasteiger partial charge in [0.2, 0.25) is 5.91 Å². The highest BCUT2D eigenvalue weighted by Gasteiger charge is 2.06. The number of carbonyl (C=O) groups is 2. The van der Waals surface area contributed by atoms with Gasteiger partial charge < -0.3 is 10.6 Å². The number of nitrogens with one attached hydrogen (secondary N) is 2. The first-order valence-electron chi connectivity index (χ1n) is 7.41. The zero-order valence-corrected chi connectivity index (χ0v) is 12.6. The van der Waals surface area contributed by atoms with Crippen molar-refractivity contribution in [2.45, 2.75) is 19.8 Å². The monoisotopic (exact) mass is 296 g/mol. The molecule has 2 aromatic carbocycles. The smallest absolute Gasteiger partial charge is 0.251 e. The molecule has 0 saturated carbocycles. The third-order valence-electron chi connectivity index (χ3n) is 3.17. The van der Waals surface area contributed by atoms with Crippen molar-refractivity contribution >= 4 is 17.5 Å². The number of hydrogen-bond donors (Lipinski definition) is 2. The van der Waals surface area contributed by atoms with Crippen LogP contribution in [0.5, 0.6) is 0 Å². The van der Waals surface area contributed by atoms with E-state index in [-0.39, 0.29) is 11.8 Å². The fraction of sp³-hybridized carbons (Fsp3) is 0.222. The molecular weight excluding hydrogens is 276 g/mol. The van der Waals surface area contributed by atoms with E-state index in [1.54, 1.807) is 24.3 Å². The average molecular weight is 296 g/mol. The Labute approximate surface area is 130 Å². The van der Waals surface area contributed by atoms with Crippen LogP contribution >= 0.6 is 0 Å². The van der Waals surface area contributed by atoms with Gasteiger partial charge >= 0.3 is 0 Å². The standard InChI is InChI=1S/C18H20N2O2/c1-2-12-19-18(22)15-8-10-16(11-9-15)20-17(21)13-14-6-4-3-5-7-14/h3-11H,2,12-13H2,1H3,(H,19,22)(H,20,21). The fourth-order valence-corrected chi connectivity index (χ4v) is 2.03. The summed E-state index contributed by atoms with van der Waals surface area (Å²) in [5.41, 5.74) is 2.25. The largest absolute Gasteiger partial charge is 0.352 e. The Morgan fingerprint density at radius 3 is 2.27 bits per heavy atom. The van der Waals surface area contributed by atoms with Crippen molar-refractivity contribution in [2.75, 3.05) is 11.9 Å². The predicted octanol–water partition coefficient (Wildman–Crippen LogP) is 3.01. The lowest BCUT2D eigenvalue weighted by atomic mass is 10.1. The normalized spacial score (nSPS) is 10.0. The van der Waals surface area contributed by atoms with Crippen molar-refractivity contribution in [3.05, 3.63) is 65.7 Å². The Bertz CT molecular complexity index is 621. The van der Waals surface area contributed by atoms with Crippen LogP contribution in [0.25, 0.3) is 0 Å². The second-order valence-electron chi connectivity index (χ2n) is 5.04. The molecule has 22 heavy (non-hydrogen) atoms. The molecule has 114 valence electrons. The van der Waals surface area contributed by atoms with Gasteiger partial charge in [-0.3, -0.25) is 9.59 Å². The van der Waals surface area contributed by atoms with E-state index < -0.39 is 0 Å². The van der Waals surface area contributed by atoms with E-state index in [1.165, 1.54) is 0 Å². The Kier molecular flexibility index (Phi) is 5.72. The third kappa shape index (κ3) is 4.74. The number of amides is 2. The molecule has 0 radical (unpaired) electrons. The quantitative estimate of drug-likeness (QED) is 0.861. The molecule has 2 N–H and O–H groups in total. The summed E-state index contributed by atoms with van der Waals surface area (Å²) in [5.74, 6) is -0.168. The van der Waals surface area contributed by atoms with Gasteiger partial charge in [0.05, 0.1) is 6.42 Å². The molecule has 0 heterocycles. The molecule has 2 rings (SSSR count). The van der Waals surface area contributed by atoms with Crippen LogP contribution in [0.4, 0.5) is 5.69 Å². The van der Waals surface area contributed by atoms with Crippen molar-refractivity contribution < 1.29 is 9.59 Å². The lowest BCUT2D eigenvalue weighted by Crippen LogP contribution is -2.23. The maximum atomic E-state index is 12.0. The summed E-state index contributed by atoms with van der Waals surface area (Å²) in [4.78, 5) is 23.7. The van der Waals surface area contributed by atoms with Crippen molar-refractivity contribution in [1.82, 2.24) is 5.32 Å². The number of anilines is 1. The zero-order valence-electron chi connectivity index (χ0n) is 12.6. The van der Waals surface area contributed by atoms with E-state index in [1.807, 2.05) is 37.3 Å². The number of rotatable bonds is 6. The highest BCUT2D eigenvalue weighted by molar-refractivity contribution is 5.96. The molecule has 0 unspecified atom stereocenters. The maximum Gasteiger partial charge on any atom is 0.251 e. The Balaban J connectivity index is 1.90. The molecular formula is C18H20N2O2. The summed E-state index contributed by atoms with van der Waals surface area (Å²) in [6.07, 6.45) is 1.24. The van der Waals surface area contributed by atoms with Crippen LogP contribution in [-0.4, -0.2) is 18.4 Å². The molecule has 4 nitrogen and oxygen atoms in total. The van der Waals surface area contributed by atoms with Crippen LogP contribution in [0, 0.1) is 0 Å². The maximum absolute atomic E-state index is 12.0. The molecule has 2 aromatic rings. The van der Waals surface area contributed by atoms with Gasteiger partial charge in [-0.1, -0.05) is 37.3 Å². The summed E-state index contributed by atoms with van der Waals surface area (Å²) >= 11 is 0. The van der Waals surface area contributed by atoms with Gasteiger partial charge in [-0.25, -0.2) is 0 Å². The molecule has 2 amide bonds. The minimum atomic E-state index is -0.0935. The van der Waals surface area contributed by atoms with E-state index in [2.05, 4.69) is 10.6 Å². The second-order valence-corrected chi connectivity index (χ2v) is 5.04.